The van der Waals surface area contributed by atoms with E-state index in [4.69, 9.17) is 9.47 Å². The summed E-state index contributed by atoms with van der Waals surface area (Å²) in [5, 5.41) is 15.8. The van der Waals surface area contributed by atoms with Crippen molar-refractivity contribution in [2.75, 3.05) is 13.2 Å². The van der Waals surface area contributed by atoms with E-state index in [9.17, 15) is 9.90 Å². The summed E-state index contributed by atoms with van der Waals surface area (Å²) in [5.41, 5.74) is 3.30. The zero-order valence-corrected chi connectivity index (χ0v) is 13.8. The second-order valence-electron chi connectivity index (χ2n) is 5.79. The maximum Gasteiger partial charge on any atom is 0.275 e. The number of hydrazone groups is 1. The first kappa shape index (κ1) is 16.0. The SMILES string of the molecule is O=C(N/N=C\c1cccc2c1OCCO2)c1cc2ccccc2cc1O. The lowest BCUT2D eigenvalue weighted by Gasteiger charge is -2.19. The third kappa shape index (κ3) is 3.04. The lowest BCUT2D eigenvalue weighted by molar-refractivity contribution is 0.0952. The average Bonchev–Trinajstić information content (AvgIpc) is 2.67. The Kier molecular flexibility index (Phi) is 4.15. The highest BCUT2D eigenvalue weighted by atomic mass is 16.6. The molecule has 26 heavy (non-hydrogen) atoms. The number of aromatic hydroxyl groups is 1. The summed E-state index contributed by atoms with van der Waals surface area (Å²) < 4.78 is 11.1. The number of fused-ring (bicyclic) bond motifs is 2. The van der Waals surface area contributed by atoms with Crippen molar-refractivity contribution in [1.29, 1.82) is 0 Å². The van der Waals surface area contributed by atoms with Gasteiger partial charge < -0.3 is 14.6 Å². The van der Waals surface area contributed by atoms with E-state index < -0.39 is 5.91 Å². The van der Waals surface area contributed by atoms with Gasteiger partial charge in [-0.2, -0.15) is 5.10 Å². The molecule has 0 spiro atoms. The van der Waals surface area contributed by atoms with Crippen molar-refractivity contribution >= 4 is 22.9 Å². The van der Waals surface area contributed by atoms with E-state index in [0.29, 0.717) is 30.3 Å². The average molecular weight is 348 g/mol. The largest absolute Gasteiger partial charge is 0.507 e. The van der Waals surface area contributed by atoms with Crippen molar-refractivity contribution in [3.05, 3.63) is 65.7 Å². The first-order chi connectivity index (χ1) is 12.7. The molecule has 2 N–H and O–H groups in total. The molecule has 3 aromatic rings. The number of phenols is 1. The molecule has 1 aliphatic rings. The van der Waals surface area contributed by atoms with Gasteiger partial charge in [0.25, 0.3) is 5.91 Å². The van der Waals surface area contributed by atoms with Gasteiger partial charge in [0.15, 0.2) is 11.5 Å². The van der Waals surface area contributed by atoms with E-state index in [0.717, 1.165) is 10.8 Å². The number of nitrogens with one attached hydrogen (secondary N) is 1. The molecule has 0 radical (unpaired) electrons. The second kappa shape index (κ2) is 6.76. The van der Waals surface area contributed by atoms with E-state index in [1.165, 1.54) is 6.21 Å². The minimum atomic E-state index is -0.494. The topological polar surface area (TPSA) is 80.2 Å². The third-order valence-electron chi connectivity index (χ3n) is 4.08. The molecule has 0 saturated heterocycles. The van der Waals surface area contributed by atoms with E-state index in [1.807, 2.05) is 42.5 Å². The van der Waals surface area contributed by atoms with Crippen LogP contribution < -0.4 is 14.9 Å². The number of carbonyl (C=O) groups is 1. The van der Waals surface area contributed by atoms with Gasteiger partial charge in [-0.15, -0.1) is 0 Å². The number of rotatable bonds is 3. The Balaban J connectivity index is 1.54. The van der Waals surface area contributed by atoms with E-state index in [2.05, 4.69) is 10.5 Å². The lowest BCUT2D eigenvalue weighted by Crippen LogP contribution is -2.19. The van der Waals surface area contributed by atoms with Gasteiger partial charge >= 0.3 is 0 Å². The van der Waals surface area contributed by atoms with Crippen LogP contribution in [0, 0.1) is 0 Å². The molecular weight excluding hydrogens is 332 g/mol. The molecule has 130 valence electrons. The van der Waals surface area contributed by atoms with Crippen LogP contribution in [0.15, 0.2) is 59.7 Å². The Morgan fingerprint density at radius 2 is 1.81 bits per heavy atom. The Bertz CT molecular complexity index is 1010. The highest BCUT2D eigenvalue weighted by molar-refractivity contribution is 6.01. The Labute approximate surface area is 149 Å². The summed E-state index contributed by atoms with van der Waals surface area (Å²) >= 11 is 0. The fourth-order valence-corrected chi connectivity index (χ4v) is 2.83. The van der Waals surface area contributed by atoms with E-state index in [1.54, 1.807) is 12.1 Å². The van der Waals surface area contributed by atoms with Crippen molar-refractivity contribution in [3.63, 3.8) is 0 Å². The van der Waals surface area contributed by atoms with Crippen molar-refractivity contribution < 1.29 is 19.4 Å². The summed E-state index contributed by atoms with van der Waals surface area (Å²) in [6, 6.07) is 16.2. The summed E-state index contributed by atoms with van der Waals surface area (Å²) in [6.07, 6.45) is 1.49. The van der Waals surface area contributed by atoms with Crippen molar-refractivity contribution in [3.8, 4) is 17.2 Å². The zero-order chi connectivity index (χ0) is 17.9. The highest BCUT2D eigenvalue weighted by Crippen LogP contribution is 2.32. The lowest BCUT2D eigenvalue weighted by atomic mass is 10.1. The molecule has 4 rings (SSSR count). The molecule has 3 aromatic carbocycles. The van der Waals surface area contributed by atoms with Crippen molar-refractivity contribution in [2.45, 2.75) is 0 Å². The molecular formula is C20H16N2O4. The summed E-state index contributed by atoms with van der Waals surface area (Å²) in [7, 11) is 0. The summed E-state index contributed by atoms with van der Waals surface area (Å²) in [4.78, 5) is 12.3. The molecule has 1 amide bonds. The minimum absolute atomic E-state index is 0.0924. The third-order valence-corrected chi connectivity index (χ3v) is 4.08. The number of benzene rings is 3. The number of ether oxygens (including phenoxy) is 2. The minimum Gasteiger partial charge on any atom is -0.507 e. The Morgan fingerprint density at radius 1 is 1.04 bits per heavy atom. The number of hydrogen-bond acceptors (Lipinski definition) is 5. The molecule has 1 heterocycles. The van der Waals surface area contributed by atoms with Crippen LogP contribution in [0.3, 0.4) is 0 Å². The number of phenolic OH excluding ortho intramolecular Hbond substituents is 1. The zero-order valence-electron chi connectivity index (χ0n) is 13.8. The first-order valence-corrected chi connectivity index (χ1v) is 8.16. The molecule has 0 saturated carbocycles. The van der Waals surface area contributed by atoms with Gasteiger partial charge in [0.05, 0.1) is 11.8 Å². The molecule has 6 heteroatoms. The predicted molar refractivity (Wildman–Crippen MR) is 98.1 cm³/mol. The normalized spacial score (nSPS) is 13.1. The van der Waals surface area contributed by atoms with Crippen LogP contribution in [-0.4, -0.2) is 30.4 Å². The van der Waals surface area contributed by atoms with Crippen LogP contribution in [0.5, 0.6) is 17.2 Å². The van der Waals surface area contributed by atoms with Crippen LogP contribution in [0.4, 0.5) is 0 Å². The van der Waals surface area contributed by atoms with Gasteiger partial charge in [0, 0.05) is 5.56 Å². The number of hydrogen-bond donors (Lipinski definition) is 2. The predicted octanol–water partition coefficient (Wildman–Crippen LogP) is 3.08. The number of para-hydroxylation sites is 1. The van der Waals surface area contributed by atoms with Crippen LogP contribution in [0.2, 0.25) is 0 Å². The first-order valence-electron chi connectivity index (χ1n) is 8.16. The maximum absolute atomic E-state index is 12.3. The monoisotopic (exact) mass is 348 g/mol. The number of carbonyl (C=O) groups excluding carboxylic acids is 1. The van der Waals surface area contributed by atoms with Crippen LogP contribution in [-0.2, 0) is 0 Å². The second-order valence-corrected chi connectivity index (χ2v) is 5.79. The fraction of sp³-hybridized carbons (Fsp3) is 0.100. The van der Waals surface area contributed by atoms with Crippen molar-refractivity contribution in [2.24, 2.45) is 5.10 Å². The van der Waals surface area contributed by atoms with Gasteiger partial charge in [-0.25, -0.2) is 5.43 Å². The Morgan fingerprint density at radius 3 is 2.65 bits per heavy atom. The van der Waals surface area contributed by atoms with Gasteiger partial charge in [-0.3, -0.25) is 4.79 Å². The van der Waals surface area contributed by atoms with Gasteiger partial charge in [0.2, 0.25) is 0 Å². The highest BCUT2D eigenvalue weighted by Gasteiger charge is 2.15. The number of nitrogens with zero attached hydrogens (tertiary/aromatic N) is 1. The fourth-order valence-electron chi connectivity index (χ4n) is 2.83. The molecule has 0 unspecified atom stereocenters. The standard InChI is InChI=1S/C20H16N2O4/c23-17-11-14-5-2-1-4-13(14)10-16(17)20(24)22-21-12-15-6-3-7-18-19(15)26-9-8-25-18/h1-7,10-12,23H,8-9H2,(H,22,24)/b21-12-. The Hall–Kier alpha value is -3.54. The number of amides is 1. The van der Waals surface area contributed by atoms with Crippen LogP contribution >= 0.6 is 0 Å². The molecule has 0 fully saturated rings. The van der Waals surface area contributed by atoms with Crippen LogP contribution in [0.25, 0.3) is 10.8 Å². The summed E-state index contributed by atoms with van der Waals surface area (Å²) in [6.45, 7) is 0.973. The van der Waals surface area contributed by atoms with Crippen LogP contribution in [0.1, 0.15) is 15.9 Å². The molecule has 0 bridgehead atoms. The molecule has 6 nitrogen and oxygen atoms in total. The quantitative estimate of drug-likeness (QED) is 0.563. The van der Waals surface area contributed by atoms with Gasteiger partial charge in [0.1, 0.15) is 19.0 Å². The molecule has 0 aromatic heterocycles. The van der Waals surface area contributed by atoms with E-state index >= 15 is 0 Å². The van der Waals surface area contributed by atoms with Gasteiger partial charge in [-0.05, 0) is 35.0 Å². The molecule has 1 aliphatic heterocycles. The molecule has 0 atom stereocenters. The van der Waals surface area contributed by atoms with Crippen molar-refractivity contribution in [1.82, 2.24) is 5.43 Å². The van der Waals surface area contributed by atoms with Gasteiger partial charge in [-0.1, -0.05) is 30.3 Å². The maximum atomic E-state index is 12.3. The smallest absolute Gasteiger partial charge is 0.275 e. The molecule has 0 aliphatic carbocycles. The van der Waals surface area contributed by atoms with E-state index in [-0.39, 0.29) is 11.3 Å². The summed E-state index contributed by atoms with van der Waals surface area (Å²) in [5.74, 6) is 0.667.